The van der Waals surface area contributed by atoms with Gasteiger partial charge in [-0.15, -0.1) is 0 Å². The fourth-order valence-corrected chi connectivity index (χ4v) is 4.04. The molecule has 0 aromatic carbocycles. The van der Waals surface area contributed by atoms with Gasteiger partial charge in [0.2, 0.25) is 6.29 Å². The lowest BCUT2D eigenvalue weighted by molar-refractivity contribution is -0.189. The molecule has 228 valence electrons. The van der Waals surface area contributed by atoms with Crippen LogP contribution in [0.4, 0.5) is 0 Å². The summed E-state index contributed by atoms with van der Waals surface area (Å²) in [5.41, 5.74) is 0. The zero-order chi connectivity index (χ0) is 28.9. The summed E-state index contributed by atoms with van der Waals surface area (Å²) in [7, 11) is 0. The highest BCUT2D eigenvalue weighted by Crippen LogP contribution is 2.15. The number of ether oxygens (including phenoxy) is 2. The Morgan fingerprint density at radius 2 is 0.895 bits per heavy atom. The van der Waals surface area contributed by atoms with E-state index < -0.39 is 6.29 Å². The molecule has 0 rings (SSSR count). The van der Waals surface area contributed by atoms with Gasteiger partial charge in [0, 0.05) is 32.5 Å². The Morgan fingerprint density at radius 3 is 1.26 bits per heavy atom. The van der Waals surface area contributed by atoms with Crippen molar-refractivity contribution < 1.29 is 29.3 Å². The van der Waals surface area contributed by atoms with Crippen molar-refractivity contribution in [1.29, 1.82) is 0 Å². The topological polar surface area (TPSA) is 93.1 Å². The highest BCUT2D eigenvalue weighted by molar-refractivity contribution is 5.71. The molecule has 0 saturated heterocycles. The van der Waals surface area contributed by atoms with Gasteiger partial charge < -0.3 is 19.7 Å². The van der Waals surface area contributed by atoms with Crippen molar-refractivity contribution >= 4 is 11.9 Å². The molecule has 38 heavy (non-hydrogen) atoms. The zero-order valence-electron chi connectivity index (χ0n) is 25.8. The quantitative estimate of drug-likeness (QED) is 0.0680. The molecule has 0 aromatic heterocycles. The van der Waals surface area contributed by atoms with E-state index in [1.54, 1.807) is 0 Å². The monoisotopic (exact) mass is 544 g/mol. The Morgan fingerprint density at radius 1 is 0.526 bits per heavy atom. The standard InChI is InChI=1S/C26H50O4.C6H14O2/c1-6-7-12-21-26(29-24(27)19-15-10-8-13-17-22(2)3)30-25(28)20-16-11-9-14-18-23(4)5;7-5-3-1-2-4-6-8/h22-23,26H,6-21H2,1-5H3;7-8H,1-6H2. The minimum Gasteiger partial charge on any atom is -0.425 e. The molecule has 0 radical (unpaired) electrons. The Labute approximate surface area is 235 Å². The van der Waals surface area contributed by atoms with Crippen LogP contribution < -0.4 is 0 Å². The number of rotatable bonds is 25. The molecule has 0 aliphatic carbocycles. The predicted molar refractivity (Wildman–Crippen MR) is 158 cm³/mol. The smallest absolute Gasteiger partial charge is 0.308 e. The van der Waals surface area contributed by atoms with Gasteiger partial charge in [-0.3, -0.25) is 9.59 Å². The number of carbonyl (C=O) groups excluding carboxylic acids is 2. The Kier molecular flexibility index (Phi) is 31.2. The van der Waals surface area contributed by atoms with Gasteiger partial charge in [-0.1, -0.05) is 112 Å². The average Bonchev–Trinajstić information content (AvgIpc) is 2.86. The van der Waals surface area contributed by atoms with E-state index in [0.29, 0.717) is 19.3 Å². The van der Waals surface area contributed by atoms with Crippen molar-refractivity contribution in [2.24, 2.45) is 11.8 Å². The first-order valence-electron chi connectivity index (χ1n) is 15.9. The number of hydrogen-bond acceptors (Lipinski definition) is 6. The molecule has 0 aliphatic rings. The van der Waals surface area contributed by atoms with Crippen molar-refractivity contribution in [1.82, 2.24) is 0 Å². The van der Waals surface area contributed by atoms with E-state index in [1.807, 2.05) is 0 Å². The molecular formula is C32H64O6. The molecule has 0 bridgehead atoms. The van der Waals surface area contributed by atoms with Gasteiger partial charge in [-0.25, -0.2) is 0 Å². The molecule has 0 saturated carbocycles. The minimum atomic E-state index is -0.710. The van der Waals surface area contributed by atoms with Crippen LogP contribution in [-0.4, -0.2) is 41.7 Å². The van der Waals surface area contributed by atoms with Crippen LogP contribution in [0.2, 0.25) is 0 Å². The molecule has 2 N–H and O–H groups in total. The molecule has 0 unspecified atom stereocenters. The average molecular weight is 545 g/mol. The van der Waals surface area contributed by atoms with Crippen molar-refractivity contribution in [3.8, 4) is 0 Å². The van der Waals surface area contributed by atoms with E-state index >= 15 is 0 Å². The maximum atomic E-state index is 12.2. The first-order valence-corrected chi connectivity index (χ1v) is 15.9. The number of aliphatic hydroxyl groups is 2. The van der Waals surface area contributed by atoms with Gasteiger partial charge in [0.1, 0.15) is 0 Å². The third kappa shape index (κ3) is 32.9. The third-order valence-electron chi connectivity index (χ3n) is 6.46. The number of hydrogen-bond donors (Lipinski definition) is 2. The maximum absolute atomic E-state index is 12.2. The van der Waals surface area contributed by atoms with Gasteiger partial charge in [0.05, 0.1) is 0 Å². The van der Waals surface area contributed by atoms with E-state index in [4.69, 9.17) is 19.7 Å². The van der Waals surface area contributed by atoms with Gasteiger partial charge in [-0.2, -0.15) is 0 Å². The molecule has 6 nitrogen and oxygen atoms in total. The second-order valence-electron chi connectivity index (χ2n) is 11.5. The fourth-order valence-electron chi connectivity index (χ4n) is 4.04. The lowest BCUT2D eigenvalue weighted by Crippen LogP contribution is -2.24. The summed E-state index contributed by atoms with van der Waals surface area (Å²) >= 11 is 0. The number of aliphatic hydroxyl groups excluding tert-OH is 2. The summed E-state index contributed by atoms with van der Waals surface area (Å²) < 4.78 is 11.0. The van der Waals surface area contributed by atoms with Crippen LogP contribution in [0.3, 0.4) is 0 Å². The summed E-state index contributed by atoms with van der Waals surface area (Å²) in [4.78, 5) is 24.4. The van der Waals surface area contributed by atoms with Gasteiger partial charge in [0.25, 0.3) is 0 Å². The third-order valence-corrected chi connectivity index (χ3v) is 6.46. The second-order valence-corrected chi connectivity index (χ2v) is 11.5. The van der Waals surface area contributed by atoms with Crippen LogP contribution in [0, 0.1) is 11.8 Å². The zero-order valence-corrected chi connectivity index (χ0v) is 25.8. The maximum Gasteiger partial charge on any atom is 0.308 e. The van der Waals surface area contributed by atoms with Gasteiger partial charge >= 0.3 is 11.9 Å². The van der Waals surface area contributed by atoms with Crippen LogP contribution >= 0.6 is 0 Å². The largest absolute Gasteiger partial charge is 0.425 e. The molecule has 6 heteroatoms. The van der Waals surface area contributed by atoms with E-state index in [0.717, 1.165) is 95.3 Å². The summed E-state index contributed by atoms with van der Waals surface area (Å²) in [6.07, 6.45) is 18.7. The van der Waals surface area contributed by atoms with Crippen LogP contribution in [0.15, 0.2) is 0 Å². The summed E-state index contributed by atoms with van der Waals surface area (Å²) in [6.45, 7) is 11.7. The Balaban J connectivity index is 0. The van der Waals surface area contributed by atoms with Crippen molar-refractivity contribution in [3.05, 3.63) is 0 Å². The van der Waals surface area contributed by atoms with E-state index in [9.17, 15) is 9.59 Å². The van der Waals surface area contributed by atoms with E-state index in [-0.39, 0.29) is 25.2 Å². The molecular weight excluding hydrogens is 480 g/mol. The predicted octanol–water partition coefficient (Wildman–Crippen LogP) is 8.50. The van der Waals surface area contributed by atoms with Crippen molar-refractivity contribution in [2.45, 2.75) is 169 Å². The number of esters is 2. The van der Waals surface area contributed by atoms with Crippen LogP contribution in [0.25, 0.3) is 0 Å². The molecule has 0 amide bonds. The summed E-state index contributed by atoms with van der Waals surface area (Å²) in [5, 5.41) is 16.6. The number of unbranched alkanes of at least 4 members (excludes halogenated alkanes) is 11. The van der Waals surface area contributed by atoms with E-state index in [2.05, 4.69) is 34.6 Å². The van der Waals surface area contributed by atoms with Gasteiger partial charge in [-0.05, 0) is 43.9 Å². The lowest BCUT2D eigenvalue weighted by Gasteiger charge is -2.18. The normalized spacial score (nSPS) is 11.1. The fraction of sp³-hybridized carbons (Fsp3) is 0.938. The molecule has 0 aromatic rings. The molecule has 0 fully saturated rings. The SMILES string of the molecule is CCCCCC(OC(=O)CCCCCCC(C)C)OC(=O)CCCCCCC(C)C.OCCCCCCO. The van der Waals surface area contributed by atoms with Crippen molar-refractivity contribution in [3.63, 3.8) is 0 Å². The summed E-state index contributed by atoms with van der Waals surface area (Å²) in [5.74, 6) is 1.02. The Bertz CT molecular complexity index is 466. The highest BCUT2D eigenvalue weighted by Gasteiger charge is 2.18. The first-order chi connectivity index (χ1) is 18.3. The van der Waals surface area contributed by atoms with Crippen LogP contribution in [0.1, 0.15) is 163 Å². The Hall–Kier alpha value is -1.14. The van der Waals surface area contributed by atoms with Gasteiger partial charge in [0.15, 0.2) is 0 Å². The molecule has 0 spiro atoms. The van der Waals surface area contributed by atoms with Crippen LogP contribution in [-0.2, 0) is 19.1 Å². The first kappa shape index (κ1) is 39.0. The lowest BCUT2D eigenvalue weighted by atomic mass is 10.0. The highest BCUT2D eigenvalue weighted by atomic mass is 16.7. The summed E-state index contributed by atoms with van der Waals surface area (Å²) in [6, 6.07) is 0. The number of carbonyl (C=O) groups is 2. The minimum absolute atomic E-state index is 0.234. The molecule has 0 heterocycles. The molecule has 0 atom stereocenters. The van der Waals surface area contributed by atoms with Crippen molar-refractivity contribution in [2.75, 3.05) is 13.2 Å². The van der Waals surface area contributed by atoms with E-state index in [1.165, 1.54) is 25.7 Å². The second kappa shape index (κ2) is 30.4. The van der Waals surface area contributed by atoms with Crippen LogP contribution in [0.5, 0.6) is 0 Å². The molecule has 0 aliphatic heterocycles.